The summed E-state index contributed by atoms with van der Waals surface area (Å²) < 4.78 is 6.01. The third-order valence-corrected chi connectivity index (χ3v) is 6.30. The number of hydrogen-bond acceptors (Lipinski definition) is 4. The van der Waals surface area contributed by atoms with Crippen molar-refractivity contribution < 1.29 is 4.74 Å². The molecule has 0 aromatic heterocycles. The number of benzene rings is 2. The van der Waals surface area contributed by atoms with Crippen LogP contribution in [0, 0.1) is 11.3 Å². The van der Waals surface area contributed by atoms with Crippen LogP contribution in [0.25, 0.3) is 5.57 Å². The van der Waals surface area contributed by atoms with Gasteiger partial charge in [-0.15, -0.1) is 0 Å². The molecule has 2 heterocycles. The third kappa shape index (κ3) is 4.22. The molecule has 2 aliphatic rings. The second-order valence-corrected chi connectivity index (χ2v) is 8.51. The molecule has 0 fully saturated rings. The monoisotopic (exact) mass is 451 g/mol. The van der Waals surface area contributed by atoms with Gasteiger partial charge in [0.05, 0.1) is 5.92 Å². The Hall–Kier alpha value is -2.71. The Kier molecular flexibility index (Phi) is 6.38. The van der Waals surface area contributed by atoms with Crippen LogP contribution in [0.1, 0.15) is 30.4 Å². The van der Waals surface area contributed by atoms with Gasteiger partial charge in [-0.2, -0.15) is 5.26 Å². The molecule has 0 amide bonds. The Morgan fingerprint density at radius 3 is 2.48 bits per heavy atom. The zero-order valence-electron chi connectivity index (χ0n) is 17.2. The number of halogens is 2. The maximum Gasteiger partial charge on any atom is 0.205 e. The van der Waals surface area contributed by atoms with Gasteiger partial charge in [0, 0.05) is 23.1 Å². The van der Waals surface area contributed by atoms with Crippen molar-refractivity contribution in [2.75, 3.05) is 19.6 Å². The first-order valence-electron chi connectivity index (χ1n) is 10.3. The highest BCUT2D eigenvalue weighted by Crippen LogP contribution is 2.44. The molecular formula is C25H23Cl2N3O. The molecule has 0 saturated heterocycles. The smallest absolute Gasteiger partial charge is 0.205 e. The molecule has 4 nitrogen and oxygen atoms in total. The van der Waals surface area contributed by atoms with Crippen molar-refractivity contribution in [1.29, 1.82) is 5.26 Å². The topological polar surface area (TPSA) is 62.3 Å². The maximum atomic E-state index is 9.90. The number of hydrogen-bond donors (Lipinski definition) is 1. The number of nitrogens with two attached hydrogens (primary N) is 1. The van der Waals surface area contributed by atoms with Gasteiger partial charge in [-0.3, -0.25) is 4.90 Å². The van der Waals surface area contributed by atoms with Gasteiger partial charge in [0.1, 0.15) is 17.4 Å². The maximum absolute atomic E-state index is 9.90. The largest absolute Gasteiger partial charge is 0.440 e. The Bertz CT molecular complexity index is 1140. The number of rotatable bonds is 4. The van der Waals surface area contributed by atoms with Crippen LogP contribution in [-0.4, -0.2) is 24.5 Å². The summed E-state index contributed by atoms with van der Waals surface area (Å²) in [6, 6.07) is 17.6. The summed E-state index contributed by atoms with van der Waals surface area (Å²) in [6.07, 6.45) is 3.01. The number of nitrogens with zero attached hydrogens (tertiary/aromatic N) is 2. The van der Waals surface area contributed by atoms with E-state index >= 15 is 0 Å². The van der Waals surface area contributed by atoms with Gasteiger partial charge < -0.3 is 10.5 Å². The first kappa shape index (κ1) is 21.5. The molecule has 0 spiro atoms. The lowest BCUT2D eigenvalue weighted by Gasteiger charge is -2.31. The minimum atomic E-state index is -0.358. The van der Waals surface area contributed by atoms with Crippen molar-refractivity contribution in [3.63, 3.8) is 0 Å². The van der Waals surface area contributed by atoms with Gasteiger partial charge in [-0.25, -0.2) is 0 Å². The van der Waals surface area contributed by atoms with Crippen LogP contribution in [-0.2, 0) is 4.74 Å². The summed E-state index contributed by atoms with van der Waals surface area (Å²) in [4.78, 5) is 2.35. The van der Waals surface area contributed by atoms with Crippen molar-refractivity contribution in [3.05, 3.63) is 98.6 Å². The van der Waals surface area contributed by atoms with Crippen molar-refractivity contribution in [2.45, 2.75) is 19.3 Å². The minimum absolute atomic E-state index is 0.116. The zero-order valence-corrected chi connectivity index (χ0v) is 18.7. The highest BCUT2D eigenvalue weighted by molar-refractivity contribution is 6.32. The van der Waals surface area contributed by atoms with Gasteiger partial charge in [0.25, 0.3) is 0 Å². The van der Waals surface area contributed by atoms with Crippen molar-refractivity contribution in [1.82, 2.24) is 4.90 Å². The van der Waals surface area contributed by atoms with Crippen molar-refractivity contribution in [2.24, 2.45) is 5.73 Å². The molecular weight excluding hydrogens is 429 g/mol. The molecule has 1 unspecified atom stereocenters. The number of allylic oxidation sites excluding steroid dienone is 2. The standard InChI is InChI=1S/C25H23Cl2N3O/c1-2-11-30-14-16(17-7-3-5-9-21(17)26)12-23-20(15-30)24(19(13-28)25(29)31-23)18-8-4-6-10-22(18)27/h3-10,12,24H,2,11,14-15,29H2,1H3. The second kappa shape index (κ2) is 9.20. The lowest BCUT2D eigenvalue weighted by molar-refractivity contribution is 0.278. The first-order valence-corrected chi connectivity index (χ1v) is 11.0. The molecule has 0 bridgehead atoms. The van der Waals surface area contributed by atoms with E-state index in [9.17, 15) is 5.26 Å². The Morgan fingerprint density at radius 2 is 1.81 bits per heavy atom. The van der Waals surface area contributed by atoms with E-state index in [4.69, 9.17) is 33.7 Å². The fraction of sp³-hybridized carbons (Fsp3) is 0.240. The van der Waals surface area contributed by atoms with Gasteiger partial charge in [0.15, 0.2) is 0 Å². The van der Waals surface area contributed by atoms with Crippen LogP contribution in [0.4, 0.5) is 0 Å². The second-order valence-electron chi connectivity index (χ2n) is 7.70. The van der Waals surface area contributed by atoms with E-state index < -0.39 is 0 Å². The predicted molar refractivity (Wildman–Crippen MR) is 125 cm³/mol. The molecule has 0 aliphatic carbocycles. The summed E-state index contributed by atoms with van der Waals surface area (Å²) in [5.41, 5.74) is 10.5. The highest BCUT2D eigenvalue weighted by Gasteiger charge is 2.35. The van der Waals surface area contributed by atoms with E-state index in [1.807, 2.05) is 54.6 Å². The van der Waals surface area contributed by atoms with Crippen LogP contribution in [0.3, 0.4) is 0 Å². The summed E-state index contributed by atoms with van der Waals surface area (Å²) in [5.74, 6) is 0.420. The van der Waals surface area contributed by atoms with E-state index in [2.05, 4.69) is 17.9 Å². The average Bonchev–Trinajstić information content (AvgIpc) is 2.93. The summed E-state index contributed by atoms with van der Waals surface area (Å²) >= 11 is 13.1. The Balaban J connectivity index is 1.91. The zero-order chi connectivity index (χ0) is 22.0. The minimum Gasteiger partial charge on any atom is -0.440 e. The first-order chi connectivity index (χ1) is 15.0. The predicted octanol–water partition coefficient (Wildman–Crippen LogP) is 5.86. The van der Waals surface area contributed by atoms with Crippen molar-refractivity contribution >= 4 is 28.8 Å². The lowest BCUT2D eigenvalue weighted by Crippen LogP contribution is -2.31. The molecule has 31 heavy (non-hydrogen) atoms. The molecule has 158 valence electrons. The van der Waals surface area contributed by atoms with Crippen LogP contribution in [0.15, 0.2) is 77.4 Å². The van der Waals surface area contributed by atoms with Gasteiger partial charge >= 0.3 is 0 Å². The normalized spacial score (nSPS) is 19.3. The van der Waals surface area contributed by atoms with E-state index in [-0.39, 0.29) is 11.8 Å². The number of ether oxygens (including phenoxy) is 1. The average molecular weight is 452 g/mol. The number of nitriles is 1. The van der Waals surface area contributed by atoms with Crippen LogP contribution >= 0.6 is 23.2 Å². The Morgan fingerprint density at radius 1 is 1.10 bits per heavy atom. The molecule has 6 heteroatoms. The van der Waals surface area contributed by atoms with E-state index in [1.54, 1.807) is 0 Å². The third-order valence-electron chi connectivity index (χ3n) is 5.63. The molecule has 0 radical (unpaired) electrons. The SMILES string of the molecule is CCCN1CC(c2ccccc2Cl)=CC2=C(C1)C(c1ccccc1Cl)C(C#N)=C(N)O2. The molecule has 2 N–H and O–H groups in total. The van der Waals surface area contributed by atoms with Crippen LogP contribution < -0.4 is 5.73 Å². The molecule has 2 aromatic rings. The quantitative estimate of drug-likeness (QED) is 0.631. The molecule has 2 aromatic carbocycles. The van der Waals surface area contributed by atoms with E-state index in [0.717, 1.165) is 35.2 Å². The summed E-state index contributed by atoms with van der Waals surface area (Å²) in [7, 11) is 0. The van der Waals surface area contributed by atoms with Crippen molar-refractivity contribution in [3.8, 4) is 6.07 Å². The fourth-order valence-electron chi connectivity index (χ4n) is 4.26. The molecule has 0 saturated carbocycles. The molecule has 2 aliphatic heterocycles. The van der Waals surface area contributed by atoms with E-state index in [1.165, 1.54) is 0 Å². The molecule has 1 atom stereocenters. The fourth-order valence-corrected chi connectivity index (χ4v) is 4.76. The van der Waals surface area contributed by atoms with Crippen LogP contribution in [0.2, 0.25) is 10.0 Å². The Labute approximate surface area is 192 Å². The lowest BCUT2D eigenvalue weighted by atomic mass is 9.82. The van der Waals surface area contributed by atoms with Crippen LogP contribution in [0.5, 0.6) is 0 Å². The highest BCUT2D eigenvalue weighted by atomic mass is 35.5. The van der Waals surface area contributed by atoms with Gasteiger partial charge in [-0.05, 0) is 53.4 Å². The van der Waals surface area contributed by atoms with Gasteiger partial charge in [0.2, 0.25) is 5.88 Å². The summed E-state index contributed by atoms with van der Waals surface area (Å²) in [5, 5.41) is 11.2. The summed E-state index contributed by atoms with van der Waals surface area (Å²) in [6.45, 7) is 4.41. The van der Waals surface area contributed by atoms with E-state index in [0.29, 0.717) is 34.5 Å². The van der Waals surface area contributed by atoms with Gasteiger partial charge in [-0.1, -0.05) is 66.5 Å². The molecule has 4 rings (SSSR count).